The summed E-state index contributed by atoms with van der Waals surface area (Å²) in [6.07, 6.45) is 1.40. The van der Waals surface area contributed by atoms with Gasteiger partial charge in [-0.15, -0.1) is 0 Å². The number of anilines is 1. The van der Waals surface area contributed by atoms with E-state index in [1.807, 2.05) is 43.3 Å². The van der Waals surface area contributed by atoms with E-state index in [9.17, 15) is 4.79 Å². The Morgan fingerprint density at radius 3 is 2.57 bits per heavy atom. The molecule has 0 fully saturated rings. The van der Waals surface area contributed by atoms with Crippen molar-refractivity contribution >= 4 is 11.6 Å². The molecule has 2 aromatic rings. The standard InChI is InChI=1S/C19H24N2O2/c1-15-4-3-5-17(14-15)21-19(22)11-13-20-12-10-16-6-8-18(23-2)9-7-16/h3-9,14,20H,10-13H2,1-2H3,(H,21,22). The first-order valence-corrected chi connectivity index (χ1v) is 7.87. The first kappa shape index (κ1) is 17.0. The van der Waals surface area contributed by atoms with Crippen molar-refractivity contribution in [2.75, 3.05) is 25.5 Å². The summed E-state index contributed by atoms with van der Waals surface area (Å²) >= 11 is 0. The molecule has 0 bridgehead atoms. The highest BCUT2D eigenvalue weighted by atomic mass is 16.5. The van der Waals surface area contributed by atoms with Crippen LogP contribution in [-0.4, -0.2) is 26.1 Å². The van der Waals surface area contributed by atoms with Crippen LogP contribution < -0.4 is 15.4 Å². The molecular formula is C19H24N2O2. The molecule has 122 valence electrons. The first-order chi connectivity index (χ1) is 11.2. The van der Waals surface area contributed by atoms with Crippen molar-refractivity contribution in [1.82, 2.24) is 5.32 Å². The molecule has 0 aromatic heterocycles. The van der Waals surface area contributed by atoms with Gasteiger partial charge in [-0.2, -0.15) is 0 Å². The molecular weight excluding hydrogens is 288 g/mol. The third kappa shape index (κ3) is 6.12. The van der Waals surface area contributed by atoms with Crippen LogP contribution in [0.15, 0.2) is 48.5 Å². The zero-order valence-corrected chi connectivity index (χ0v) is 13.8. The lowest BCUT2D eigenvalue weighted by molar-refractivity contribution is -0.116. The van der Waals surface area contributed by atoms with E-state index in [2.05, 4.69) is 22.8 Å². The van der Waals surface area contributed by atoms with Crippen LogP contribution in [0.4, 0.5) is 5.69 Å². The molecule has 0 aliphatic rings. The zero-order chi connectivity index (χ0) is 16.5. The molecule has 2 rings (SSSR count). The van der Waals surface area contributed by atoms with Gasteiger partial charge in [-0.05, 0) is 55.3 Å². The average molecular weight is 312 g/mol. The molecule has 4 nitrogen and oxygen atoms in total. The van der Waals surface area contributed by atoms with Crippen LogP contribution in [0.1, 0.15) is 17.5 Å². The molecule has 0 heterocycles. The van der Waals surface area contributed by atoms with Crippen LogP contribution >= 0.6 is 0 Å². The number of rotatable bonds is 8. The van der Waals surface area contributed by atoms with Crippen molar-refractivity contribution in [2.24, 2.45) is 0 Å². The molecule has 2 N–H and O–H groups in total. The minimum atomic E-state index is 0.0348. The number of aryl methyl sites for hydroxylation is 1. The Morgan fingerprint density at radius 1 is 1.09 bits per heavy atom. The number of hydrogen-bond donors (Lipinski definition) is 2. The monoisotopic (exact) mass is 312 g/mol. The highest BCUT2D eigenvalue weighted by molar-refractivity contribution is 5.90. The summed E-state index contributed by atoms with van der Waals surface area (Å²) in [6, 6.07) is 15.9. The Kier molecular flexibility index (Phi) is 6.63. The van der Waals surface area contributed by atoms with Crippen molar-refractivity contribution in [1.29, 1.82) is 0 Å². The molecule has 2 aromatic carbocycles. The Balaban J connectivity index is 1.62. The van der Waals surface area contributed by atoms with Gasteiger partial charge in [-0.3, -0.25) is 4.79 Å². The molecule has 0 saturated heterocycles. The van der Waals surface area contributed by atoms with Gasteiger partial charge in [0.15, 0.2) is 0 Å². The van der Waals surface area contributed by atoms with Crippen LogP contribution in [0.2, 0.25) is 0 Å². The van der Waals surface area contributed by atoms with Crippen molar-refractivity contribution in [3.63, 3.8) is 0 Å². The van der Waals surface area contributed by atoms with Crippen LogP contribution in [0.5, 0.6) is 5.75 Å². The van der Waals surface area contributed by atoms with Crippen molar-refractivity contribution in [3.8, 4) is 5.75 Å². The molecule has 23 heavy (non-hydrogen) atoms. The van der Waals surface area contributed by atoms with Gasteiger partial charge in [-0.25, -0.2) is 0 Å². The molecule has 4 heteroatoms. The fraction of sp³-hybridized carbons (Fsp3) is 0.316. The van der Waals surface area contributed by atoms with E-state index in [1.54, 1.807) is 7.11 Å². The number of amides is 1. The van der Waals surface area contributed by atoms with E-state index < -0.39 is 0 Å². The molecule has 0 unspecified atom stereocenters. The topological polar surface area (TPSA) is 50.4 Å². The SMILES string of the molecule is COc1ccc(CCNCCC(=O)Nc2cccc(C)c2)cc1. The van der Waals surface area contributed by atoms with Crippen molar-refractivity contribution < 1.29 is 9.53 Å². The van der Waals surface area contributed by atoms with E-state index in [0.29, 0.717) is 13.0 Å². The largest absolute Gasteiger partial charge is 0.497 e. The predicted octanol–water partition coefficient (Wildman–Crippen LogP) is 3.16. The van der Waals surface area contributed by atoms with Gasteiger partial charge in [0.05, 0.1) is 7.11 Å². The molecule has 0 spiro atoms. The molecule has 0 saturated carbocycles. The summed E-state index contributed by atoms with van der Waals surface area (Å²) in [7, 11) is 1.67. The van der Waals surface area contributed by atoms with Gasteiger partial charge in [0.25, 0.3) is 0 Å². The van der Waals surface area contributed by atoms with Crippen molar-refractivity contribution in [2.45, 2.75) is 19.8 Å². The van der Waals surface area contributed by atoms with Gasteiger partial charge in [0.2, 0.25) is 5.91 Å². The average Bonchev–Trinajstić information content (AvgIpc) is 2.55. The van der Waals surface area contributed by atoms with Gasteiger partial charge in [-0.1, -0.05) is 24.3 Å². The molecule has 1 amide bonds. The summed E-state index contributed by atoms with van der Waals surface area (Å²) in [5.74, 6) is 0.905. The summed E-state index contributed by atoms with van der Waals surface area (Å²) in [5, 5.41) is 6.21. The number of methoxy groups -OCH3 is 1. The van der Waals surface area contributed by atoms with Gasteiger partial charge < -0.3 is 15.4 Å². The number of hydrogen-bond acceptors (Lipinski definition) is 3. The van der Waals surface area contributed by atoms with Crippen LogP contribution in [0.3, 0.4) is 0 Å². The first-order valence-electron chi connectivity index (χ1n) is 7.87. The fourth-order valence-electron chi connectivity index (χ4n) is 2.30. The Hall–Kier alpha value is -2.33. The van der Waals surface area contributed by atoms with E-state index in [0.717, 1.165) is 30.0 Å². The third-order valence-corrected chi connectivity index (χ3v) is 3.58. The summed E-state index contributed by atoms with van der Waals surface area (Å²) in [5.41, 5.74) is 3.25. The number of carbonyl (C=O) groups excluding carboxylic acids is 1. The number of nitrogens with one attached hydrogen (secondary N) is 2. The van der Waals surface area contributed by atoms with Gasteiger partial charge >= 0.3 is 0 Å². The lowest BCUT2D eigenvalue weighted by Crippen LogP contribution is -2.23. The second kappa shape index (κ2) is 8.96. The summed E-state index contributed by atoms with van der Waals surface area (Å²) in [6.45, 7) is 3.54. The van der Waals surface area contributed by atoms with Gasteiger partial charge in [0.1, 0.15) is 5.75 Å². The highest BCUT2D eigenvalue weighted by Gasteiger charge is 2.02. The maximum absolute atomic E-state index is 11.9. The van der Waals surface area contributed by atoms with E-state index in [-0.39, 0.29) is 5.91 Å². The van der Waals surface area contributed by atoms with Crippen LogP contribution in [0, 0.1) is 6.92 Å². The number of carbonyl (C=O) groups is 1. The fourth-order valence-corrected chi connectivity index (χ4v) is 2.30. The minimum absolute atomic E-state index is 0.0348. The Labute approximate surface area is 137 Å². The summed E-state index contributed by atoms with van der Waals surface area (Å²) < 4.78 is 5.13. The maximum Gasteiger partial charge on any atom is 0.225 e. The smallest absolute Gasteiger partial charge is 0.225 e. The Bertz CT molecular complexity index is 624. The normalized spacial score (nSPS) is 10.3. The van der Waals surface area contributed by atoms with Crippen LogP contribution in [0.25, 0.3) is 0 Å². The predicted molar refractivity (Wildman–Crippen MR) is 94.0 cm³/mol. The van der Waals surface area contributed by atoms with Crippen molar-refractivity contribution in [3.05, 3.63) is 59.7 Å². The number of ether oxygens (including phenoxy) is 1. The van der Waals surface area contributed by atoms with Crippen LogP contribution in [-0.2, 0) is 11.2 Å². The minimum Gasteiger partial charge on any atom is -0.497 e. The van der Waals surface area contributed by atoms with E-state index in [1.165, 1.54) is 5.56 Å². The maximum atomic E-state index is 11.9. The third-order valence-electron chi connectivity index (χ3n) is 3.58. The van der Waals surface area contributed by atoms with Gasteiger partial charge in [0, 0.05) is 18.7 Å². The lowest BCUT2D eigenvalue weighted by atomic mass is 10.1. The Morgan fingerprint density at radius 2 is 1.87 bits per heavy atom. The zero-order valence-electron chi connectivity index (χ0n) is 13.8. The van der Waals surface area contributed by atoms with E-state index >= 15 is 0 Å². The molecule has 0 aliphatic heterocycles. The second-order valence-corrected chi connectivity index (χ2v) is 5.52. The highest BCUT2D eigenvalue weighted by Crippen LogP contribution is 2.11. The lowest BCUT2D eigenvalue weighted by Gasteiger charge is -2.07. The number of benzene rings is 2. The molecule has 0 radical (unpaired) electrons. The summed E-state index contributed by atoms with van der Waals surface area (Å²) in [4.78, 5) is 11.9. The molecule has 0 atom stereocenters. The molecule has 0 aliphatic carbocycles. The second-order valence-electron chi connectivity index (χ2n) is 5.52. The quantitative estimate of drug-likeness (QED) is 0.736. The van der Waals surface area contributed by atoms with E-state index in [4.69, 9.17) is 4.74 Å².